The van der Waals surface area contributed by atoms with E-state index in [1.54, 1.807) is 24.3 Å². The van der Waals surface area contributed by atoms with Crippen LogP contribution >= 0.6 is 0 Å². The summed E-state index contributed by atoms with van der Waals surface area (Å²) in [4.78, 5) is 47.4. The zero-order valence-corrected chi connectivity index (χ0v) is 15.0. The number of carboxylic acid groups (broad SMARTS) is 1. The highest BCUT2D eigenvalue weighted by Crippen LogP contribution is 2.44. The van der Waals surface area contributed by atoms with Gasteiger partial charge in [0, 0.05) is 35.6 Å². The summed E-state index contributed by atoms with van der Waals surface area (Å²) >= 11 is 0. The molecule has 1 heterocycles. The summed E-state index contributed by atoms with van der Waals surface area (Å²) in [7, 11) is 0. The number of carboxylic acids is 1. The van der Waals surface area contributed by atoms with E-state index in [0.29, 0.717) is 28.0 Å². The Bertz CT molecular complexity index is 1080. The first-order valence-corrected chi connectivity index (χ1v) is 8.81. The van der Waals surface area contributed by atoms with Gasteiger partial charge in [0.1, 0.15) is 17.6 Å². The van der Waals surface area contributed by atoms with E-state index in [-0.39, 0.29) is 35.8 Å². The van der Waals surface area contributed by atoms with Crippen molar-refractivity contribution in [1.82, 2.24) is 0 Å². The maximum Gasteiger partial charge on any atom is 0.336 e. The standard InChI is InChI=1S/C22H16O6/c1-11(23)12-2-5-15(18(8-12)22(26)27)21-16-6-3-13(24)9-19(16)28-20-10-14(25)4-7-17(20)21/h2-3,5-9,20H,4,10H2,1H3,(H,26,27). The van der Waals surface area contributed by atoms with Gasteiger partial charge in [0.15, 0.2) is 11.6 Å². The highest BCUT2D eigenvalue weighted by molar-refractivity contribution is 6.07. The molecule has 1 aromatic carbocycles. The van der Waals surface area contributed by atoms with Crippen molar-refractivity contribution in [2.75, 3.05) is 0 Å². The fourth-order valence-corrected chi connectivity index (χ4v) is 3.70. The molecule has 28 heavy (non-hydrogen) atoms. The number of ketones is 3. The molecule has 0 aromatic heterocycles. The lowest BCUT2D eigenvalue weighted by atomic mass is 9.79. The summed E-state index contributed by atoms with van der Waals surface area (Å²) in [5.41, 5.74) is 2.64. The molecule has 0 bridgehead atoms. The molecule has 3 aliphatic rings. The number of hydrogen-bond donors (Lipinski definition) is 1. The lowest BCUT2D eigenvalue weighted by Gasteiger charge is -2.35. The number of allylic oxidation sites excluding steroid dienone is 4. The molecule has 0 radical (unpaired) electrons. The van der Waals surface area contributed by atoms with Crippen LogP contribution in [0.1, 0.15) is 46.0 Å². The topological polar surface area (TPSA) is 97.7 Å². The van der Waals surface area contributed by atoms with Crippen molar-refractivity contribution in [3.8, 4) is 0 Å². The molecule has 1 N–H and O–H groups in total. The van der Waals surface area contributed by atoms with Gasteiger partial charge in [0.25, 0.3) is 0 Å². The van der Waals surface area contributed by atoms with Gasteiger partial charge in [-0.25, -0.2) is 4.79 Å². The van der Waals surface area contributed by atoms with E-state index in [1.807, 2.05) is 0 Å². The van der Waals surface area contributed by atoms with Gasteiger partial charge < -0.3 is 9.84 Å². The molecule has 4 rings (SSSR count). The van der Waals surface area contributed by atoms with Crippen LogP contribution in [0, 0.1) is 0 Å². The van der Waals surface area contributed by atoms with Crippen molar-refractivity contribution in [2.45, 2.75) is 25.9 Å². The van der Waals surface area contributed by atoms with E-state index < -0.39 is 12.1 Å². The third kappa shape index (κ3) is 2.93. The Hall–Kier alpha value is -3.54. The van der Waals surface area contributed by atoms with Crippen LogP contribution in [0.5, 0.6) is 0 Å². The Morgan fingerprint density at radius 2 is 1.96 bits per heavy atom. The van der Waals surface area contributed by atoms with Crippen LogP contribution in [0.2, 0.25) is 0 Å². The monoisotopic (exact) mass is 376 g/mol. The predicted octanol–water partition coefficient (Wildman–Crippen LogP) is 3.05. The van der Waals surface area contributed by atoms with Crippen LogP contribution in [0.25, 0.3) is 5.57 Å². The fourth-order valence-electron chi connectivity index (χ4n) is 3.70. The minimum atomic E-state index is -1.16. The second kappa shape index (κ2) is 6.56. The number of ether oxygens (including phenoxy) is 1. The molecular weight excluding hydrogens is 360 g/mol. The molecular formula is C22H16O6. The second-order valence-corrected chi connectivity index (χ2v) is 6.87. The number of carbonyl (C=O) groups excluding carboxylic acids is 3. The van der Waals surface area contributed by atoms with E-state index in [0.717, 1.165) is 5.57 Å². The zero-order chi connectivity index (χ0) is 20.0. The number of hydrogen-bond acceptors (Lipinski definition) is 5. The first-order valence-electron chi connectivity index (χ1n) is 8.81. The number of benzene rings is 1. The van der Waals surface area contributed by atoms with Crippen molar-refractivity contribution in [3.05, 3.63) is 76.1 Å². The second-order valence-electron chi connectivity index (χ2n) is 6.87. The van der Waals surface area contributed by atoms with E-state index in [1.165, 1.54) is 25.1 Å². The van der Waals surface area contributed by atoms with Gasteiger partial charge in [-0.15, -0.1) is 0 Å². The van der Waals surface area contributed by atoms with Crippen LogP contribution < -0.4 is 0 Å². The van der Waals surface area contributed by atoms with Gasteiger partial charge in [-0.05, 0) is 36.3 Å². The van der Waals surface area contributed by atoms with Crippen molar-refractivity contribution in [1.29, 1.82) is 0 Å². The molecule has 1 atom stereocenters. The van der Waals surface area contributed by atoms with Crippen molar-refractivity contribution in [3.63, 3.8) is 0 Å². The van der Waals surface area contributed by atoms with E-state index in [4.69, 9.17) is 4.74 Å². The number of Topliss-reactive ketones (excluding diaryl/α,β-unsaturated/α-hetero) is 2. The van der Waals surface area contributed by atoms with E-state index in [2.05, 4.69) is 0 Å². The number of fused-ring (bicyclic) bond motifs is 2. The zero-order valence-electron chi connectivity index (χ0n) is 15.0. The van der Waals surface area contributed by atoms with Crippen LogP contribution in [-0.2, 0) is 14.3 Å². The lowest BCUT2D eigenvalue weighted by Crippen LogP contribution is -2.30. The first-order chi connectivity index (χ1) is 13.3. The van der Waals surface area contributed by atoms with Gasteiger partial charge >= 0.3 is 5.97 Å². The number of rotatable bonds is 3. The summed E-state index contributed by atoms with van der Waals surface area (Å²) in [6, 6.07) is 4.54. The molecule has 0 spiro atoms. The van der Waals surface area contributed by atoms with Gasteiger partial charge in [-0.2, -0.15) is 0 Å². The third-order valence-electron chi connectivity index (χ3n) is 5.02. The Labute approximate surface area is 160 Å². The summed E-state index contributed by atoms with van der Waals surface area (Å²) in [6.45, 7) is 1.37. The normalized spacial score (nSPS) is 20.7. The summed E-state index contributed by atoms with van der Waals surface area (Å²) < 4.78 is 5.89. The molecule has 0 saturated carbocycles. The van der Waals surface area contributed by atoms with Gasteiger partial charge in [-0.3, -0.25) is 14.4 Å². The highest BCUT2D eigenvalue weighted by atomic mass is 16.5. The van der Waals surface area contributed by atoms with Crippen LogP contribution in [0.4, 0.5) is 0 Å². The Morgan fingerprint density at radius 1 is 1.18 bits per heavy atom. The van der Waals surface area contributed by atoms with Crippen LogP contribution in [0.3, 0.4) is 0 Å². The average Bonchev–Trinajstić information content (AvgIpc) is 2.65. The van der Waals surface area contributed by atoms with Crippen molar-refractivity contribution >= 4 is 28.9 Å². The highest BCUT2D eigenvalue weighted by Gasteiger charge is 2.36. The van der Waals surface area contributed by atoms with Crippen LogP contribution in [0.15, 0.2) is 59.4 Å². The Balaban J connectivity index is 2.00. The summed E-state index contributed by atoms with van der Waals surface area (Å²) in [6.07, 6.45) is 5.92. The van der Waals surface area contributed by atoms with E-state index in [9.17, 15) is 24.3 Å². The maximum atomic E-state index is 11.9. The molecule has 1 aromatic rings. The van der Waals surface area contributed by atoms with Gasteiger partial charge in [-0.1, -0.05) is 18.2 Å². The predicted molar refractivity (Wildman–Crippen MR) is 99.8 cm³/mol. The van der Waals surface area contributed by atoms with Crippen LogP contribution in [-0.4, -0.2) is 34.5 Å². The average molecular weight is 376 g/mol. The molecule has 1 unspecified atom stereocenters. The molecule has 6 heteroatoms. The minimum absolute atomic E-state index is 0.0141. The fraction of sp³-hybridized carbons (Fsp3) is 0.182. The van der Waals surface area contributed by atoms with Gasteiger partial charge in [0.05, 0.1) is 5.56 Å². The largest absolute Gasteiger partial charge is 0.484 e. The minimum Gasteiger partial charge on any atom is -0.484 e. The molecule has 0 amide bonds. The Kier molecular flexibility index (Phi) is 4.19. The quantitative estimate of drug-likeness (QED) is 0.815. The number of carbonyl (C=O) groups is 4. The summed E-state index contributed by atoms with van der Waals surface area (Å²) in [5.74, 6) is -1.30. The van der Waals surface area contributed by atoms with Crippen molar-refractivity contribution in [2.24, 2.45) is 0 Å². The lowest BCUT2D eigenvalue weighted by molar-refractivity contribution is -0.120. The Morgan fingerprint density at radius 3 is 2.68 bits per heavy atom. The summed E-state index contributed by atoms with van der Waals surface area (Å²) in [5, 5.41) is 9.75. The SMILES string of the molecule is CC(=O)c1ccc(C2=C3C=CC(=O)C=C3OC3CC(=O)CC=C23)c(C(=O)O)c1. The molecule has 0 fully saturated rings. The van der Waals surface area contributed by atoms with E-state index >= 15 is 0 Å². The first kappa shape index (κ1) is 17.9. The third-order valence-corrected chi connectivity index (χ3v) is 5.02. The van der Waals surface area contributed by atoms with Crippen molar-refractivity contribution < 1.29 is 29.0 Å². The molecule has 2 aliphatic carbocycles. The van der Waals surface area contributed by atoms with Gasteiger partial charge in [0.2, 0.25) is 0 Å². The maximum absolute atomic E-state index is 11.9. The number of aromatic carboxylic acids is 1. The molecule has 6 nitrogen and oxygen atoms in total. The smallest absolute Gasteiger partial charge is 0.336 e. The molecule has 140 valence electrons. The molecule has 1 aliphatic heterocycles. The molecule has 0 saturated heterocycles.